The molecular weight excluding hydrogens is 328 g/mol. The van der Waals surface area contributed by atoms with E-state index in [4.69, 9.17) is 11.6 Å². The molecule has 2 heterocycles. The van der Waals surface area contributed by atoms with Crippen LogP contribution in [0.5, 0.6) is 0 Å². The van der Waals surface area contributed by atoms with Gasteiger partial charge in [-0.3, -0.25) is 4.79 Å². The standard InChI is InChI=1S/C17H17ClN4O2/c18-15-7-6-12(10-19-15)11-20-17(24)21-14-8-9-22(16(14)23)13-4-2-1-3-5-13/h1-7,10,14H,8-9,11H2,(H2,20,21,24)/t14-/m1/s1. The molecule has 6 nitrogen and oxygen atoms in total. The molecule has 0 saturated carbocycles. The first-order valence-corrected chi connectivity index (χ1v) is 8.02. The van der Waals surface area contributed by atoms with Gasteiger partial charge in [0.05, 0.1) is 0 Å². The molecule has 0 unspecified atom stereocenters. The minimum absolute atomic E-state index is 0.0930. The molecular formula is C17H17ClN4O2. The third-order valence-electron chi connectivity index (χ3n) is 3.82. The van der Waals surface area contributed by atoms with Crippen LogP contribution in [0.25, 0.3) is 0 Å². The van der Waals surface area contributed by atoms with E-state index < -0.39 is 6.04 Å². The average molecular weight is 345 g/mol. The van der Waals surface area contributed by atoms with Gasteiger partial charge in [0, 0.05) is 25.0 Å². The van der Waals surface area contributed by atoms with Gasteiger partial charge in [-0.2, -0.15) is 0 Å². The number of benzene rings is 1. The van der Waals surface area contributed by atoms with Crippen LogP contribution in [0.3, 0.4) is 0 Å². The number of para-hydroxylation sites is 1. The number of carbonyl (C=O) groups is 2. The van der Waals surface area contributed by atoms with Crippen LogP contribution < -0.4 is 15.5 Å². The average Bonchev–Trinajstić information content (AvgIpc) is 2.96. The number of nitrogens with zero attached hydrogens (tertiary/aromatic N) is 2. The predicted octanol–water partition coefficient (Wildman–Crippen LogP) is 2.34. The Morgan fingerprint density at radius 1 is 1.25 bits per heavy atom. The normalized spacial score (nSPS) is 17.0. The van der Waals surface area contributed by atoms with Crippen LogP contribution in [0.2, 0.25) is 5.15 Å². The van der Waals surface area contributed by atoms with Crippen LogP contribution in [-0.2, 0) is 11.3 Å². The summed E-state index contributed by atoms with van der Waals surface area (Å²) in [6, 6.07) is 12.0. The third kappa shape index (κ3) is 3.83. The van der Waals surface area contributed by atoms with Gasteiger partial charge in [0.2, 0.25) is 5.91 Å². The van der Waals surface area contributed by atoms with Crippen molar-refractivity contribution in [1.29, 1.82) is 0 Å². The molecule has 2 aromatic rings. The second-order valence-corrected chi connectivity index (χ2v) is 5.87. The van der Waals surface area contributed by atoms with E-state index in [1.165, 1.54) is 0 Å². The number of aromatic nitrogens is 1. The quantitative estimate of drug-likeness (QED) is 0.836. The van der Waals surface area contributed by atoms with Crippen LogP contribution in [-0.4, -0.2) is 29.5 Å². The Morgan fingerprint density at radius 2 is 2.04 bits per heavy atom. The van der Waals surface area contributed by atoms with Crippen molar-refractivity contribution in [2.24, 2.45) is 0 Å². The van der Waals surface area contributed by atoms with Gasteiger partial charge in [0.15, 0.2) is 0 Å². The number of urea groups is 1. The van der Waals surface area contributed by atoms with Crippen molar-refractivity contribution >= 4 is 29.2 Å². The first-order chi connectivity index (χ1) is 11.6. The zero-order valence-electron chi connectivity index (χ0n) is 12.9. The van der Waals surface area contributed by atoms with Crippen molar-refractivity contribution in [1.82, 2.24) is 15.6 Å². The van der Waals surface area contributed by atoms with E-state index in [0.29, 0.717) is 24.7 Å². The molecule has 1 saturated heterocycles. The van der Waals surface area contributed by atoms with Crippen molar-refractivity contribution < 1.29 is 9.59 Å². The monoisotopic (exact) mass is 344 g/mol. The molecule has 0 radical (unpaired) electrons. The maximum absolute atomic E-state index is 12.4. The Hall–Kier alpha value is -2.60. The van der Waals surface area contributed by atoms with Gasteiger partial charge in [-0.1, -0.05) is 35.9 Å². The van der Waals surface area contributed by atoms with Gasteiger partial charge in [-0.15, -0.1) is 0 Å². The second-order valence-electron chi connectivity index (χ2n) is 5.48. The van der Waals surface area contributed by atoms with Crippen molar-refractivity contribution in [2.45, 2.75) is 19.0 Å². The van der Waals surface area contributed by atoms with E-state index in [0.717, 1.165) is 11.3 Å². The highest BCUT2D eigenvalue weighted by Gasteiger charge is 2.33. The molecule has 0 bridgehead atoms. The van der Waals surface area contributed by atoms with Crippen molar-refractivity contribution in [3.63, 3.8) is 0 Å². The van der Waals surface area contributed by atoms with E-state index >= 15 is 0 Å². The summed E-state index contributed by atoms with van der Waals surface area (Å²) in [6.45, 7) is 0.911. The minimum Gasteiger partial charge on any atom is -0.334 e. The number of hydrogen-bond acceptors (Lipinski definition) is 3. The van der Waals surface area contributed by atoms with Crippen LogP contribution >= 0.6 is 11.6 Å². The Morgan fingerprint density at radius 3 is 2.75 bits per heavy atom. The zero-order valence-corrected chi connectivity index (χ0v) is 13.7. The summed E-state index contributed by atoms with van der Waals surface area (Å²) in [5.41, 5.74) is 1.68. The molecule has 7 heteroatoms. The number of amides is 3. The molecule has 0 spiro atoms. The van der Waals surface area contributed by atoms with Crippen molar-refractivity contribution in [3.05, 3.63) is 59.4 Å². The zero-order chi connectivity index (χ0) is 16.9. The lowest BCUT2D eigenvalue weighted by atomic mass is 10.2. The number of carbonyl (C=O) groups excluding carboxylic acids is 2. The van der Waals surface area contributed by atoms with E-state index in [9.17, 15) is 9.59 Å². The Balaban J connectivity index is 1.52. The Kier molecular flexibility index (Phi) is 4.96. The summed E-state index contributed by atoms with van der Waals surface area (Å²) in [6.07, 6.45) is 2.18. The lowest BCUT2D eigenvalue weighted by molar-refractivity contribution is -0.118. The highest BCUT2D eigenvalue weighted by Crippen LogP contribution is 2.20. The molecule has 1 aliphatic rings. The summed E-state index contributed by atoms with van der Waals surface area (Å²) in [4.78, 5) is 30.0. The maximum atomic E-state index is 12.4. The summed E-state index contributed by atoms with van der Waals surface area (Å²) in [5, 5.41) is 5.84. The molecule has 1 aromatic carbocycles. The van der Waals surface area contributed by atoms with Crippen LogP contribution in [0.15, 0.2) is 48.7 Å². The third-order valence-corrected chi connectivity index (χ3v) is 4.04. The molecule has 124 valence electrons. The van der Waals surface area contributed by atoms with Gasteiger partial charge in [-0.25, -0.2) is 9.78 Å². The predicted molar refractivity (Wildman–Crippen MR) is 91.8 cm³/mol. The van der Waals surface area contributed by atoms with E-state index in [1.807, 2.05) is 30.3 Å². The SMILES string of the molecule is O=C(NCc1ccc(Cl)nc1)N[C@@H]1CCN(c2ccccc2)C1=O. The molecule has 1 fully saturated rings. The fourth-order valence-electron chi connectivity index (χ4n) is 2.58. The van der Waals surface area contributed by atoms with Gasteiger partial charge in [-0.05, 0) is 30.2 Å². The van der Waals surface area contributed by atoms with Gasteiger partial charge < -0.3 is 15.5 Å². The number of halogens is 1. The van der Waals surface area contributed by atoms with E-state index in [-0.39, 0.29) is 11.9 Å². The lowest BCUT2D eigenvalue weighted by Crippen LogP contribution is -2.45. The van der Waals surface area contributed by atoms with E-state index in [1.54, 1.807) is 23.2 Å². The smallest absolute Gasteiger partial charge is 0.315 e. The molecule has 1 aliphatic heterocycles. The lowest BCUT2D eigenvalue weighted by Gasteiger charge is -2.17. The first kappa shape index (κ1) is 16.3. The molecule has 1 atom stereocenters. The summed E-state index contributed by atoms with van der Waals surface area (Å²) in [7, 11) is 0. The number of nitrogens with one attached hydrogen (secondary N) is 2. The molecule has 3 amide bonds. The fourth-order valence-corrected chi connectivity index (χ4v) is 2.69. The number of hydrogen-bond donors (Lipinski definition) is 2. The number of anilines is 1. The molecule has 24 heavy (non-hydrogen) atoms. The van der Waals surface area contributed by atoms with Crippen molar-refractivity contribution in [3.8, 4) is 0 Å². The summed E-state index contributed by atoms with van der Waals surface area (Å²) in [5.74, 6) is -0.0930. The highest BCUT2D eigenvalue weighted by atomic mass is 35.5. The molecule has 3 rings (SSSR count). The summed E-state index contributed by atoms with van der Waals surface area (Å²) < 4.78 is 0. The van der Waals surface area contributed by atoms with E-state index in [2.05, 4.69) is 15.6 Å². The van der Waals surface area contributed by atoms with Crippen molar-refractivity contribution in [2.75, 3.05) is 11.4 Å². The first-order valence-electron chi connectivity index (χ1n) is 7.65. The van der Waals surface area contributed by atoms with Gasteiger partial charge in [0.1, 0.15) is 11.2 Å². The Labute approximate surface area is 144 Å². The number of rotatable bonds is 4. The molecule has 1 aromatic heterocycles. The molecule has 2 N–H and O–H groups in total. The van der Waals surface area contributed by atoms with Crippen LogP contribution in [0.4, 0.5) is 10.5 Å². The number of pyridine rings is 1. The Bertz CT molecular complexity index is 721. The minimum atomic E-state index is -0.506. The van der Waals surface area contributed by atoms with Gasteiger partial charge in [0.25, 0.3) is 0 Å². The van der Waals surface area contributed by atoms with Gasteiger partial charge >= 0.3 is 6.03 Å². The topological polar surface area (TPSA) is 74.3 Å². The maximum Gasteiger partial charge on any atom is 0.315 e. The fraction of sp³-hybridized carbons (Fsp3) is 0.235. The highest BCUT2D eigenvalue weighted by molar-refractivity contribution is 6.29. The van der Waals surface area contributed by atoms with Crippen LogP contribution in [0, 0.1) is 0 Å². The molecule has 0 aliphatic carbocycles. The van der Waals surface area contributed by atoms with Crippen LogP contribution in [0.1, 0.15) is 12.0 Å². The summed E-state index contributed by atoms with van der Waals surface area (Å²) >= 11 is 5.72. The second kappa shape index (κ2) is 7.31. The largest absolute Gasteiger partial charge is 0.334 e.